The van der Waals surface area contributed by atoms with Crippen molar-refractivity contribution in [3.8, 4) is 0 Å². The second-order valence-corrected chi connectivity index (χ2v) is 5.92. The third-order valence-electron chi connectivity index (χ3n) is 2.78. The summed E-state index contributed by atoms with van der Waals surface area (Å²) < 4.78 is 26.1. The maximum Gasteiger partial charge on any atom is 0.260 e. The van der Waals surface area contributed by atoms with Crippen LogP contribution < -0.4 is 5.32 Å². The molecular formula is C9H16N4O2S. The molecule has 0 amide bonds. The van der Waals surface area contributed by atoms with E-state index in [0.29, 0.717) is 13.1 Å². The van der Waals surface area contributed by atoms with E-state index in [1.807, 2.05) is 13.8 Å². The van der Waals surface area contributed by atoms with Crippen LogP contribution in [0.25, 0.3) is 0 Å². The van der Waals surface area contributed by atoms with Crippen molar-refractivity contribution in [3.63, 3.8) is 0 Å². The van der Waals surface area contributed by atoms with Gasteiger partial charge in [-0.15, -0.1) is 0 Å². The van der Waals surface area contributed by atoms with Gasteiger partial charge in [0, 0.05) is 25.2 Å². The maximum atomic E-state index is 12.3. The zero-order valence-corrected chi connectivity index (χ0v) is 10.2. The Morgan fingerprint density at radius 2 is 2.00 bits per heavy atom. The Morgan fingerprint density at radius 1 is 1.38 bits per heavy atom. The van der Waals surface area contributed by atoms with Crippen molar-refractivity contribution in [2.24, 2.45) is 0 Å². The number of imidazole rings is 1. The Kier molecular flexibility index (Phi) is 3.00. The average Bonchev–Trinajstić information content (AvgIpc) is 2.69. The van der Waals surface area contributed by atoms with Crippen molar-refractivity contribution >= 4 is 10.0 Å². The van der Waals surface area contributed by atoms with E-state index in [1.165, 1.54) is 16.8 Å². The number of rotatable bonds is 2. The van der Waals surface area contributed by atoms with E-state index in [1.54, 1.807) is 0 Å². The first-order valence-electron chi connectivity index (χ1n) is 5.26. The molecule has 1 aromatic heterocycles. The molecular weight excluding hydrogens is 228 g/mol. The first-order valence-corrected chi connectivity index (χ1v) is 6.70. The van der Waals surface area contributed by atoms with Gasteiger partial charge >= 0.3 is 0 Å². The summed E-state index contributed by atoms with van der Waals surface area (Å²) in [5, 5.41) is 3.36. The summed E-state index contributed by atoms with van der Waals surface area (Å²) in [6, 6.07) is -0.0888. The van der Waals surface area contributed by atoms with Crippen LogP contribution in [0.15, 0.2) is 17.6 Å². The van der Waals surface area contributed by atoms with Crippen LogP contribution in [0.4, 0.5) is 0 Å². The molecule has 1 aromatic rings. The van der Waals surface area contributed by atoms with Crippen LogP contribution in [0.5, 0.6) is 0 Å². The quantitative estimate of drug-likeness (QED) is 0.754. The van der Waals surface area contributed by atoms with Gasteiger partial charge < -0.3 is 10.3 Å². The number of aromatic nitrogens is 2. The van der Waals surface area contributed by atoms with Crippen LogP contribution in [0, 0.1) is 0 Å². The Morgan fingerprint density at radius 3 is 2.50 bits per heavy atom. The second kappa shape index (κ2) is 4.15. The highest BCUT2D eigenvalue weighted by Crippen LogP contribution is 2.20. The predicted octanol–water partition coefficient (Wildman–Crippen LogP) is -0.219. The average molecular weight is 244 g/mol. The van der Waals surface area contributed by atoms with Gasteiger partial charge in [-0.05, 0) is 13.8 Å². The molecule has 2 N–H and O–H groups in total. The highest BCUT2D eigenvalue weighted by molar-refractivity contribution is 7.89. The van der Waals surface area contributed by atoms with E-state index in [-0.39, 0.29) is 17.1 Å². The molecule has 2 atom stereocenters. The van der Waals surface area contributed by atoms with E-state index < -0.39 is 10.0 Å². The standard InChI is InChI=1S/C9H16N4O2S/c1-7-3-10-4-8(2)13(7)16(14,15)9-5-11-6-12-9/h5-8,10H,3-4H2,1-2H3,(H,11,12). The Bertz CT molecular complexity index is 432. The van der Waals surface area contributed by atoms with E-state index >= 15 is 0 Å². The Labute approximate surface area is 95.1 Å². The third kappa shape index (κ3) is 1.85. The second-order valence-electron chi connectivity index (χ2n) is 4.11. The lowest BCUT2D eigenvalue weighted by Crippen LogP contribution is -2.57. The summed E-state index contributed by atoms with van der Waals surface area (Å²) in [6.07, 6.45) is 2.72. The number of nitrogens with one attached hydrogen (secondary N) is 2. The van der Waals surface area contributed by atoms with Gasteiger partial charge in [0.1, 0.15) is 0 Å². The van der Waals surface area contributed by atoms with E-state index in [4.69, 9.17) is 0 Å². The highest BCUT2D eigenvalue weighted by atomic mass is 32.2. The Balaban J connectivity index is 2.36. The van der Waals surface area contributed by atoms with Crippen LogP contribution in [-0.4, -0.2) is 47.9 Å². The van der Waals surface area contributed by atoms with Crippen molar-refractivity contribution in [2.45, 2.75) is 31.0 Å². The van der Waals surface area contributed by atoms with Crippen molar-refractivity contribution in [1.82, 2.24) is 19.6 Å². The molecule has 7 heteroatoms. The third-order valence-corrected chi connectivity index (χ3v) is 4.83. The molecule has 90 valence electrons. The van der Waals surface area contributed by atoms with E-state index in [0.717, 1.165) is 0 Å². The molecule has 0 aromatic carbocycles. The van der Waals surface area contributed by atoms with Crippen LogP contribution in [-0.2, 0) is 10.0 Å². The molecule has 2 heterocycles. The summed E-state index contributed by atoms with van der Waals surface area (Å²) in [5.74, 6) is 0. The monoisotopic (exact) mass is 244 g/mol. The van der Waals surface area contributed by atoms with Crippen LogP contribution >= 0.6 is 0 Å². The minimum absolute atomic E-state index is 0.0444. The normalized spacial score (nSPS) is 28.1. The van der Waals surface area contributed by atoms with Gasteiger partial charge in [0.25, 0.3) is 10.0 Å². The summed E-state index contributed by atoms with van der Waals surface area (Å²) in [4.78, 5) is 6.41. The zero-order chi connectivity index (χ0) is 11.8. The molecule has 1 aliphatic heterocycles. The van der Waals surface area contributed by atoms with E-state index in [2.05, 4.69) is 15.3 Å². The van der Waals surface area contributed by atoms with Gasteiger partial charge in [0.2, 0.25) is 0 Å². The molecule has 2 rings (SSSR count). The molecule has 1 fully saturated rings. The van der Waals surface area contributed by atoms with Gasteiger partial charge in [0.05, 0.1) is 12.5 Å². The molecule has 2 unspecified atom stereocenters. The van der Waals surface area contributed by atoms with Crippen molar-refractivity contribution in [2.75, 3.05) is 13.1 Å². The number of H-pyrrole nitrogens is 1. The summed E-state index contributed by atoms with van der Waals surface area (Å²) in [5.41, 5.74) is 0. The fraction of sp³-hybridized carbons (Fsp3) is 0.667. The smallest absolute Gasteiger partial charge is 0.260 e. The number of aromatic amines is 1. The number of nitrogens with zero attached hydrogens (tertiary/aromatic N) is 2. The van der Waals surface area contributed by atoms with Crippen LogP contribution in [0.2, 0.25) is 0 Å². The van der Waals surface area contributed by atoms with Gasteiger partial charge in [-0.2, -0.15) is 4.31 Å². The lowest BCUT2D eigenvalue weighted by Gasteiger charge is -2.37. The van der Waals surface area contributed by atoms with Gasteiger partial charge in [-0.3, -0.25) is 0 Å². The molecule has 0 spiro atoms. The summed E-state index contributed by atoms with van der Waals surface area (Å²) in [6.45, 7) is 5.16. The Hall–Kier alpha value is -0.920. The number of piperazine rings is 1. The first-order chi connectivity index (χ1) is 7.53. The largest absolute Gasteiger partial charge is 0.335 e. The van der Waals surface area contributed by atoms with Crippen LogP contribution in [0.1, 0.15) is 13.8 Å². The summed E-state index contributed by atoms with van der Waals surface area (Å²) >= 11 is 0. The molecule has 16 heavy (non-hydrogen) atoms. The van der Waals surface area contributed by atoms with Crippen molar-refractivity contribution in [1.29, 1.82) is 0 Å². The molecule has 6 nitrogen and oxygen atoms in total. The number of hydrogen-bond donors (Lipinski definition) is 2. The number of sulfonamides is 1. The van der Waals surface area contributed by atoms with Gasteiger partial charge in [0.15, 0.2) is 5.03 Å². The topological polar surface area (TPSA) is 78.1 Å². The first kappa shape index (κ1) is 11.6. The predicted molar refractivity (Wildman–Crippen MR) is 59.4 cm³/mol. The van der Waals surface area contributed by atoms with Gasteiger partial charge in [-0.1, -0.05) is 0 Å². The fourth-order valence-electron chi connectivity index (χ4n) is 2.09. The van der Waals surface area contributed by atoms with Gasteiger partial charge in [-0.25, -0.2) is 13.4 Å². The number of hydrogen-bond acceptors (Lipinski definition) is 4. The molecule has 0 bridgehead atoms. The minimum Gasteiger partial charge on any atom is -0.335 e. The minimum atomic E-state index is -3.44. The molecule has 1 aliphatic rings. The summed E-state index contributed by atoms with van der Waals surface area (Å²) in [7, 11) is -3.44. The van der Waals surface area contributed by atoms with E-state index in [9.17, 15) is 8.42 Å². The van der Waals surface area contributed by atoms with Crippen molar-refractivity contribution in [3.05, 3.63) is 12.5 Å². The molecule has 0 aliphatic carbocycles. The van der Waals surface area contributed by atoms with Crippen molar-refractivity contribution < 1.29 is 8.42 Å². The lowest BCUT2D eigenvalue weighted by molar-refractivity contribution is 0.219. The highest BCUT2D eigenvalue weighted by Gasteiger charge is 2.36. The lowest BCUT2D eigenvalue weighted by atomic mass is 10.2. The molecule has 1 saturated heterocycles. The zero-order valence-electron chi connectivity index (χ0n) is 9.34. The van der Waals surface area contributed by atoms with Crippen LogP contribution in [0.3, 0.4) is 0 Å². The SMILES string of the molecule is CC1CNCC(C)N1S(=O)(=O)c1cnc[nH]1. The maximum absolute atomic E-state index is 12.3. The molecule has 0 radical (unpaired) electrons. The fourth-order valence-corrected chi connectivity index (χ4v) is 3.81. The molecule has 0 saturated carbocycles.